The predicted octanol–water partition coefficient (Wildman–Crippen LogP) is 1.90. The lowest BCUT2D eigenvalue weighted by atomic mass is 10.2. The van der Waals surface area contributed by atoms with E-state index in [4.69, 9.17) is 4.74 Å². The number of esters is 1. The van der Waals surface area contributed by atoms with Gasteiger partial charge in [-0.25, -0.2) is 8.42 Å². The zero-order valence-electron chi connectivity index (χ0n) is 16.0. The molecule has 2 aromatic rings. The minimum atomic E-state index is -3.75. The van der Waals surface area contributed by atoms with E-state index >= 15 is 0 Å². The molecular weight excluding hydrogens is 436 g/mol. The van der Waals surface area contributed by atoms with E-state index in [9.17, 15) is 26.8 Å². The fourth-order valence-electron chi connectivity index (χ4n) is 2.69. The van der Waals surface area contributed by atoms with Crippen molar-refractivity contribution in [3.05, 3.63) is 54.1 Å². The number of para-hydroxylation sites is 2. The molecule has 31 heavy (non-hydrogen) atoms. The number of aliphatic imine (C=N–C) groups is 1. The fraction of sp³-hybridized carbons (Fsp3) is 0.211. The number of anilines is 1. The Bertz CT molecular complexity index is 1140. The third-order valence-electron chi connectivity index (χ3n) is 4.07. The molecule has 164 valence electrons. The van der Waals surface area contributed by atoms with Crippen LogP contribution in [0.4, 0.5) is 14.5 Å². The Morgan fingerprint density at radius 1 is 1.13 bits per heavy atom. The lowest BCUT2D eigenvalue weighted by Gasteiger charge is -2.15. The average Bonchev–Trinajstić information content (AvgIpc) is 2.98. The molecule has 0 saturated heterocycles. The molecule has 0 spiro atoms. The van der Waals surface area contributed by atoms with Gasteiger partial charge >= 0.3 is 12.6 Å². The van der Waals surface area contributed by atoms with E-state index in [2.05, 4.69) is 19.8 Å². The molecule has 1 atom stereocenters. The summed E-state index contributed by atoms with van der Waals surface area (Å²) < 4.78 is 60.5. The molecule has 1 aliphatic rings. The maximum atomic E-state index is 12.5. The maximum absolute atomic E-state index is 12.5. The van der Waals surface area contributed by atoms with Crippen LogP contribution in [0.25, 0.3) is 0 Å². The second-order valence-electron chi connectivity index (χ2n) is 6.26. The molecule has 0 bridgehead atoms. The lowest BCUT2D eigenvalue weighted by Crippen LogP contribution is -2.31. The Hall–Kier alpha value is -3.54. The second kappa shape index (κ2) is 9.08. The third kappa shape index (κ3) is 5.34. The van der Waals surface area contributed by atoms with Crippen LogP contribution in [0.1, 0.15) is 12.5 Å². The van der Waals surface area contributed by atoms with Crippen LogP contribution in [0, 0.1) is 0 Å². The van der Waals surface area contributed by atoms with Crippen LogP contribution in [0.2, 0.25) is 0 Å². The van der Waals surface area contributed by atoms with Crippen LogP contribution in [0.15, 0.2) is 58.4 Å². The number of alkyl halides is 2. The largest absolute Gasteiger partial charge is 0.451 e. The van der Waals surface area contributed by atoms with Crippen LogP contribution in [-0.2, 0) is 24.3 Å². The molecule has 0 radical (unpaired) electrons. The van der Waals surface area contributed by atoms with E-state index in [0.717, 1.165) is 0 Å². The summed E-state index contributed by atoms with van der Waals surface area (Å²) in [6, 6.07) is 11.7. The van der Waals surface area contributed by atoms with Gasteiger partial charge in [0, 0.05) is 5.56 Å². The van der Waals surface area contributed by atoms with Gasteiger partial charge in [0.2, 0.25) is 0 Å². The smallest absolute Gasteiger partial charge is 0.387 e. The molecule has 1 amide bonds. The highest BCUT2D eigenvalue weighted by Crippen LogP contribution is 2.26. The highest BCUT2D eigenvalue weighted by molar-refractivity contribution is 7.90. The van der Waals surface area contributed by atoms with E-state index in [1.807, 2.05) is 0 Å². The van der Waals surface area contributed by atoms with Crippen molar-refractivity contribution in [2.24, 2.45) is 4.99 Å². The number of amides is 1. The van der Waals surface area contributed by atoms with Crippen LogP contribution in [0.3, 0.4) is 0 Å². The Morgan fingerprint density at radius 2 is 1.81 bits per heavy atom. The molecule has 0 fully saturated rings. The molecule has 0 saturated carbocycles. The second-order valence-corrected chi connectivity index (χ2v) is 7.91. The number of halogens is 2. The van der Waals surface area contributed by atoms with Crippen LogP contribution in [0.5, 0.6) is 5.75 Å². The number of rotatable bonds is 7. The molecule has 1 aliphatic heterocycles. The number of carbonyl (C=O) groups excluding carboxylic acids is 2. The topological polar surface area (TPSA) is 123 Å². The third-order valence-corrected chi connectivity index (χ3v) is 5.46. The van der Waals surface area contributed by atoms with Crippen LogP contribution < -0.4 is 14.8 Å². The Kier molecular flexibility index (Phi) is 6.49. The highest BCUT2D eigenvalue weighted by Gasteiger charge is 2.30. The highest BCUT2D eigenvalue weighted by atomic mass is 32.2. The standard InChI is InChI=1S/C19H17F2N3O6S/c1-11(18(26)23-13-7-3-4-8-14(13)30-19(20)21)29-16(25)10-22-17-12-6-2-5-9-15(12)31(27,28)24-17/h2-9,11,19H,10H2,1H3,(H,22,24)(H,23,26). The van der Waals surface area contributed by atoms with Crippen molar-refractivity contribution in [1.82, 2.24) is 4.72 Å². The maximum Gasteiger partial charge on any atom is 0.387 e. The van der Waals surface area contributed by atoms with E-state index in [-0.39, 0.29) is 22.2 Å². The molecular formula is C19H17F2N3O6S. The predicted molar refractivity (Wildman–Crippen MR) is 105 cm³/mol. The van der Waals surface area contributed by atoms with Gasteiger partial charge in [-0.2, -0.15) is 8.78 Å². The average molecular weight is 453 g/mol. The fourth-order valence-corrected chi connectivity index (χ4v) is 3.94. The first kappa shape index (κ1) is 22.2. The zero-order valence-corrected chi connectivity index (χ0v) is 16.9. The number of fused-ring (bicyclic) bond motifs is 1. The van der Waals surface area contributed by atoms with Gasteiger partial charge in [0.05, 0.1) is 10.6 Å². The molecule has 0 aromatic heterocycles. The Morgan fingerprint density at radius 3 is 2.55 bits per heavy atom. The summed E-state index contributed by atoms with van der Waals surface area (Å²) in [5.74, 6) is -1.93. The molecule has 2 aromatic carbocycles. The van der Waals surface area contributed by atoms with Crippen molar-refractivity contribution in [2.45, 2.75) is 24.5 Å². The molecule has 0 aliphatic carbocycles. The number of ether oxygens (including phenoxy) is 2. The molecule has 12 heteroatoms. The Labute approximate surface area is 176 Å². The van der Waals surface area contributed by atoms with Gasteiger partial charge in [0.1, 0.15) is 18.1 Å². The molecule has 2 N–H and O–H groups in total. The molecule has 9 nitrogen and oxygen atoms in total. The minimum Gasteiger partial charge on any atom is -0.451 e. The quantitative estimate of drug-likeness (QED) is 0.618. The summed E-state index contributed by atoms with van der Waals surface area (Å²) in [6.45, 7) is -2.34. The van der Waals surface area contributed by atoms with Crippen LogP contribution in [-0.4, -0.2) is 45.4 Å². The van der Waals surface area contributed by atoms with Gasteiger partial charge in [0.25, 0.3) is 15.9 Å². The van der Waals surface area contributed by atoms with Gasteiger partial charge in [0.15, 0.2) is 6.10 Å². The number of hydrogen-bond acceptors (Lipinski definition) is 7. The number of benzene rings is 2. The van der Waals surface area contributed by atoms with Gasteiger partial charge in [-0.05, 0) is 31.2 Å². The summed E-state index contributed by atoms with van der Waals surface area (Å²) >= 11 is 0. The monoisotopic (exact) mass is 453 g/mol. The normalized spacial score (nSPS) is 16.3. The Balaban J connectivity index is 1.60. The van der Waals surface area contributed by atoms with Crippen molar-refractivity contribution >= 4 is 33.4 Å². The van der Waals surface area contributed by atoms with Gasteiger partial charge < -0.3 is 14.8 Å². The number of carbonyl (C=O) groups is 2. The molecule has 3 rings (SSSR count). The summed E-state index contributed by atoms with van der Waals surface area (Å²) in [6.07, 6.45) is -1.28. The SMILES string of the molecule is CC(OC(=O)CN=C1NS(=O)(=O)c2ccccc21)C(=O)Nc1ccccc1OC(F)F. The van der Waals surface area contributed by atoms with E-state index in [1.54, 1.807) is 12.1 Å². The van der Waals surface area contributed by atoms with Crippen molar-refractivity contribution in [3.8, 4) is 5.75 Å². The first-order valence-corrected chi connectivity index (χ1v) is 10.4. The number of amidine groups is 1. The molecule has 1 unspecified atom stereocenters. The molecule has 1 heterocycles. The lowest BCUT2D eigenvalue weighted by molar-refractivity contribution is -0.151. The first-order valence-electron chi connectivity index (χ1n) is 8.88. The van der Waals surface area contributed by atoms with Crippen molar-refractivity contribution in [3.63, 3.8) is 0 Å². The summed E-state index contributed by atoms with van der Waals surface area (Å²) in [5.41, 5.74) is 0.296. The number of nitrogens with one attached hydrogen (secondary N) is 2. The van der Waals surface area contributed by atoms with E-state index in [0.29, 0.717) is 5.56 Å². The van der Waals surface area contributed by atoms with Crippen molar-refractivity contribution in [2.75, 3.05) is 11.9 Å². The van der Waals surface area contributed by atoms with E-state index in [1.165, 1.54) is 43.3 Å². The van der Waals surface area contributed by atoms with Gasteiger partial charge in [-0.15, -0.1) is 0 Å². The number of nitrogens with zero attached hydrogens (tertiary/aromatic N) is 1. The van der Waals surface area contributed by atoms with Crippen molar-refractivity contribution < 1.29 is 36.3 Å². The van der Waals surface area contributed by atoms with Crippen molar-refractivity contribution in [1.29, 1.82) is 0 Å². The number of sulfonamides is 1. The minimum absolute atomic E-state index is 0.0114. The summed E-state index contributed by atoms with van der Waals surface area (Å²) in [4.78, 5) is 28.2. The summed E-state index contributed by atoms with van der Waals surface area (Å²) in [7, 11) is -3.75. The summed E-state index contributed by atoms with van der Waals surface area (Å²) in [5, 5.41) is 2.34. The first-order chi connectivity index (χ1) is 14.7. The van der Waals surface area contributed by atoms with Crippen LogP contribution >= 0.6 is 0 Å². The van der Waals surface area contributed by atoms with Gasteiger partial charge in [-0.1, -0.05) is 24.3 Å². The van der Waals surface area contributed by atoms with Gasteiger partial charge in [-0.3, -0.25) is 19.3 Å². The zero-order chi connectivity index (χ0) is 22.6. The van der Waals surface area contributed by atoms with E-state index < -0.39 is 41.2 Å². The number of hydrogen-bond donors (Lipinski definition) is 2.